The average molecular weight is 372 g/mol. The van der Waals surface area contributed by atoms with Crippen LogP contribution in [0.5, 0.6) is 5.75 Å². The van der Waals surface area contributed by atoms with Gasteiger partial charge in [-0.1, -0.05) is 6.07 Å². The largest absolute Gasteiger partial charge is 0.494 e. The second-order valence-electron chi connectivity index (χ2n) is 5.93. The fourth-order valence-electron chi connectivity index (χ4n) is 2.62. The zero-order valence-electron chi connectivity index (χ0n) is 14.6. The minimum absolute atomic E-state index is 0.124. The van der Waals surface area contributed by atoms with E-state index in [1.54, 1.807) is 37.3 Å². The number of ether oxygens (including phenoxy) is 1. The van der Waals surface area contributed by atoms with Gasteiger partial charge in [-0.25, -0.2) is 13.1 Å². The zero-order chi connectivity index (χ0) is 18.7. The fraction of sp³-hybridized carbons (Fsp3) is 0.211. The fourth-order valence-corrected chi connectivity index (χ4v) is 3.64. The molecule has 0 aliphatic heterocycles. The molecular weight excluding hydrogens is 352 g/mol. The third-order valence-corrected chi connectivity index (χ3v) is 5.42. The Morgan fingerprint density at radius 1 is 1.08 bits per heavy atom. The van der Waals surface area contributed by atoms with Crippen LogP contribution < -0.4 is 15.0 Å². The Hall–Kier alpha value is -2.64. The summed E-state index contributed by atoms with van der Waals surface area (Å²) in [5, 5.41) is 0.861. The van der Waals surface area contributed by atoms with Gasteiger partial charge in [-0.15, -0.1) is 0 Å². The van der Waals surface area contributed by atoms with Gasteiger partial charge in [-0.2, -0.15) is 0 Å². The van der Waals surface area contributed by atoms with E-state index in [1.165, 1.54) is 12.1 Å². The number of rotatable bonds is 6. The standard InChI is InChI=1S/C19H20N2O4S/c1-3-25-16-5-7-17(8-6-16)26(23,24)20-12-14-4-9-18-15(11-14)10-13(2)19(22)21-18/h4-11,20H,3,12H2,1-2H3,(H,21,22). The zero-order valence-corrected chi connectivity index (χ0v) is 15.4. The third kappa shape index (κ3) is 3.95. The van der Waals surface area contributed by atoms with Gasteiger partial charge in [0.2, 0.25) is 10.0 Å². The first-order valence-corrected chi connectivity index (χ1v) is 9.72. The van der Waals surface area contributed by atoms with E-state index in [-0.39, 0.29) is 17.0 Å². The third-order valence-electron chi connectivity index (χ3n) is 4.01. The molecule has 0 amide bonds. The number of H-pyrrole nitrogens is 1. The molecule has 0 radical (unpaired) electrons. The summed E-state index contributed by atoms with van der Waals surface area (Å²) in [5.41, 5.74) is 2.02. The second-order valence-corrected chi connectivity index (χ2v) is 7.70. The molecule has 6 nitrogen and oxygen atoms in total. The van der Waals surface area contributed by atoms with Crippen molar-refractivity contribution in [2.45, 2.75) is 25.3 Å². The molecule has 0 spiro atoms. The Balaban J connectivity index is 1.77. The van der Waals surface area contributed by atoms with Gasteiger partial charge >= 0.3 is 0 Å². The predicted molar refractivity (Wildman–Crippen MR) is 101 cm³/mol. The van der Waals surface area contributed by atoms with Gasteiger partial charge in [0.25, 0.3) is 5.56 Å². The molecule has 0 aliphatic rings. The van der Waals surface area contributed by atoms with Crippen molar-refractivity contribution in [3.05, 3.63) is 70.0 Å². The van der Waals surface area contributed by atoms with Crippen molar-refractivity contribution in [1.82, 2.24) is 9.71 Å². The Bertz CT molecular complexity index is 1090. The minimum Gasteiger partial charge on any atom is -0.494 e. The van der Waals surface area contributed by atoms with Crippen LogP contribution >= 0.6 is 0 Å². The number of aryl methyl sites for hydroxylation is 1. The summed E-state index contributed by atoms with van der Waals surface area (Å²) in [6.07, 6.45) is 0. The van der Waals surface area contributed by atoms with Crippen molar-refractivity contribution in [2.24, 2.45) is 0 Å². The summed E-state index contributed by atoms with van der Waals surface area (Å²) >= 11 is 0. The lowest BCUT2D eigenvalue weighted by Crippen LogP contribution is -2.23. The molecule has 0 fully saturated rings. The Morgan fingerprint density at radius 2 is 1.81 bits per heavy atom. The molecule has 136 valence electrons. The van der Waals surface area contributed by atoms with Crippen molar-refractivity contribution >= 4 is 20.9 Å². The summed E-state index contributed by atoms with van der Waals surface area (Å²) in [5.74, 6) is 0.630. The highest BCUT2D eigenvalue weighted by Gasteiger charge is 2.14. The summed E-state index contributed by atoms with van der Waals surface area (Å²) in [6, 6.07) is 13.5. The van der Waals surface area contributed by atoms with Crippen LogP contribution in [0.25, 0.3) is 10.9 Å². The maximum atomic E-state index is 12.4. The van der Waals surface area contributed by atoms with Crippen LogP contribution in [0.15, 0.2) is 58.2 Å². The highest BCUT2D eigenvalue weighted by molar-refractivity contribution is 7.89. The summed E-state index contributed by atoms with van der Waals surface area (Å²) in [6.45, 7) is 4.28. The molecule has 0 unspecified atom stereocenters. The lowest BCUT2D eigenvalue weighted by molar-refractivity contribution is 0.340. The molecule has 7 heteroatoms. The molecule has 26 heavy (non-hydrogen) atoms. The van der Waals surface area contributed by atoms with E-state index in [0.717, 1.165) is 16.5 Å². The molecule has 3 rings (SSSR count). The molecule has 0 bridgehead atoms. The van der Waals surface area contributed by atoms with Crippen molar-refractivity contribution in [2.75, 3.05) is 6.61 Å². The number of benzene rings is 2. The number of pyridine rings is 1. The quantitative estimate of drug-likeness (QED) is 0.696. The lowest BCUT2D eigenvalue weighted by atomic mass is 10.1. The van der Waals surface area contributed by atoms with E-state index in [4.69, 9.17) is 4.74 Å². The van der Waals surface area contributed by atoms with Crippen LogP contribution in [-0.2, 0) is 16.6 Å². The molecule has 0 saturated carbocycles. The topological polar surface area (TPSA) is 88.3 Å². The summed E-state index contributed by atoms with van der Waals surface area (Å²) < 4.78 is 32.8. The van der Waals surface area contributed by atoms with E-state index < -0.39 is 10.0 Å². The number of aromatic amines is 1. The van der Waals surface area contributed by atoms with Crippen LogP contribution in [0.1, 0.15) is 18.1 Å². The van der Waals surface area contributed by atoms with E-state index in [0.29, 0.717) is 17.9 Å². The highest BCUT2D eigenvalue weighted by atomic mass is 32.2. The molecule has 1 heterocycles. The molecule has 0 saturated heterocycles. The summed E-state index contributed by atoms with van der Waals surface area (Å²) in [7, 11) is -3.62. The van der Waals surface area contributed by atoms with Crippen molar-refractivity contribution in [1.29, 1.82) is 0 Å². The molecule has 0 atom stereocenters. The molecule has 3 aromatic rings. The van der Waals surface area contributed by atoms with Crippen LogP contribution in [0.3, 0.4) is 0 Å². The van der Waals surface area contributed by atoms with E-state index >= 15 is 0 Å². The van der Waals surface area contributed by atoms with Gasteiger partial charge in [0.05, 0.1) is 11.5 Å². The maximum absolute atomic E-state index is 12.4. The second kappa shape index (κ2) is 7.31. The monoisotopic (exact) mass is 372 g/mol. The average Bonchev–Trinajstić information content (AvgIpc) is 2.62. The summed E-state index contributed by atoms with van der Waals surface area (Å²) in [4.78, 5) is 14.6. The molecule has 2 N–H and O–H groups in total. The van der Waals surface area contributed by atoms with Gasteiger partial charge < -0.3 is 9.72 Å². The molecular formula is C19H20N2O4S. The van der Waals surface area contributed by atoms with Gasteiger partial charge in [0.15, 0.2) is 0 Å². The van der Waals surface area contributed by atoms with E-state index in [9.17, 15) is 13.2 Å². The number of fused-ring (bicyclic) bond motifs is 1. The maximum Gasteiger partial charge on any atom is 0.251 e. The van der Waals surface area contributed by atoms with Crippen LogP contribution in [-0.4, -0.2) is 20.0 Å². The smallest absolute Gasteiger partial charge is 0.251 e. The Kier molecular flexibility index (Phi) is 5.11. The molecule has 1 aromatic heterocycles. The normalized spacial score (nSPS) is 11.6. The number of aromatic nitrogens is 1. The predicted octanol–water partition coefficient (Wildman–Crippen LogP) is 2.71. The van der Waals surface area contributed by atoms with Crippen molar-refractivity contribution in [3.63, 3.8) is 0 Å². The minimum atomic E-state index is -3.62. The Labute approximate surface area is 151 Å². The highest BCUT2D eigenvalue weighted by Crippen LogP contribution is 2.17. The van der Waals surface area contributed by atoms with E-state index in [2.05, 4.69) is 9.71 Å². The first-order chi connectivity index (χ1) is 12.4. The number of hydrogen-bond acceptors (Lipinski definition) is 4. The Morgan fingerprint density at radius 3 is 2.50 bits per heavy atom. The molecule has 0 aliphatic carbocycles. The SMILES string of the molecule is CCOc1ccc(S(=O)(=O)NCc2ccc3[nH]c(=O)c(C)cc3c2)cc1. The number of hydrogen-bond donors (Lipinski definition) is 2. The number of sulfonamides is 1. The van der Waals surface area contributed by atoms with Crippen LogP contribution in [0, 0.1) is 6.92 Å². The molecule has 2 aromatic carbocycles. The van der Waals surface area contributed by atoms with Gasteiger partial charge in [-0.3, -0.25) is 4.79 Å². The first-order valence-electron chi connectivity index (χ1n) is 8.24. The first kappa shape index (κ1) is 18.2. The van der Waals surface area contributed by atoms with Crippen LogP contribution in [0.4, 0.5) is 0 Å². The van der Waals surface area contributed by atoms with Gasteiger partial charge in [0.1, 0.15) is 5.75 Å². The van der Waals surface area contributed by atoms with Gasteiger partial charge in [0, 0.05) is 17.6 Å². The number of nitrogens with one attached hydrogen (secondary N) is 2. The van der Waals surface area contributed by atoms with Crippen LogP contribution in [0.2, 0.25) is 0 Å². The lowest BCUT2D eigenvalue weighted by Gasteiger charge is -2.09. The van der Waals surface area contributed by atoms with Crippen molar-refractivity contribution in [3.8, 4) is 5.75 Å². The van der Waals surface area contributed by atoms with E-state index in [1.807, 2.05) is 13.0 Å². The van der Waals surface area contributed by atoms with Crippen molar-refractivity contribution < 1.29 is 13.2 Å². The van der Waals surface area contributed by atoms with Gasteiger partial charge in [-0.05, 0) is 67.3 Å².